The first kappa shape index (κ1) is 25.2. The highest BCUT2D eigenvalue weighted by atomic mass is 79.9. The number of fused-ring (bicyclic) bond motifs is 3. The molecule has 11 nitrogen and oxygen atoms in total. The first-order valence-electron chi connectivity index (χ1n) is 13.7. The van der Waals surface area contributed by atoms with E-state index in [1.54, 1.807) is 0 Å². The van der Waals surface area contributed by atoms with Gasteiger partial charge in [0.25, 0.3) is 17.2 Å². The largest absolute Gasteiger partial charge is 0.483 e. The van der Waals surface area contributed by atoms with E-state index >= 15 is 0 Å². The lowest BCUT2D eigenvalue weighted by Gasteiger charge is -2.40. The summed E-state index contributed by atoms with van der Waals surface area (Å²) in [6, 6.07) is 9.87. The fourth-order valence-corrected chi connectivity index (χ4v) is 6.76. The molecule has 206 valence electrons. The molecule has 1 spiro atoms. The number of nitrogens with zero attached hydrogens (tertiary/aromatic N) is 7. The Balaban J connectivity index is 1.16. The normalized spacial score (nSPS) is 19.6. The van der Waals surface area contributed by atoms with Gasteiger partial charge in [0.2, 0.25) is 0 Å². The molecule has 0 saturated carbocycles. The zero-order valence-corrected chi connectivity index (χ0v) is 23.7. The average Bonchev–Trinajstić information content (AvgIpc) is 3.44. The topological polar surface area (TPSA) is 122 Å². The summed E-state index contributed by atoms with van der Waals surface area (Å²) in [5.41, 5.74) is 2.45. The Morgan fingerprint density at radius 2 is 1.90 bits per heavy atom. The predicted octanol–water partition coefficient (Wildman–Crippen LogP) is 3.44. The van der Waals surface area contributed by atoms with Gasteiger partial charge in [0.1, 0.15) is 12.9 Å². The molecule has 5 heterocycles. The number of ether oxygens (including phenoxy) is 1. The molecule has 2 saturated heterocycles. The van der Waals surface area contributed by atoms with Crippen molar-refractivity contribution in [3.8, 4) is 5.75 Å². The van der Waals surface area contributed by atoms with Crippen LogP contribution in [0.1, 0.15) is 65.8 Å². The van der Waals surface area contributed by atoms with Crippen LogP contribution >= 0.6 is 15.9 Å². The van der Waals surface area contributed by atoms with Crippen LogP contribution in [0.4, 0.5) is 5.82 Å². The number of halogens is 1. The highest BCUT2D eigenvalue weighted by Crippen LogP contribution is 2.49. The highest BCUT2D eigenvalue weighted by molar-refractivity contribution is 9.10. The second-order valence-corrected chi connectivity index (χ2v) is 11.7. The SMILES string of the molecule is CC1CC2(CCN(C(=O)c3ncnc(N4CCC4)c3OCc3ccccc3)CC2)c2c1nc1nc(Br)[nH]n1c2=O. The number of rotatable bonds is 5. The molecule has 40 heavy (non-hydrogen) atoms. The number of anilines is 1. The minimum absolute atomic E-state index is 0.103. The molecule has 2 fully saturated rings. The van der Waals surface area contributed by atoms with E-state index in [0.717, 1.165) is 42.8 Å². The van der Waals surface area contributed by atoms with Crippen molar-refractivity contribution in [1.82, 2.24) is 34.4 Å². The number of carbonyl (C=O) groups is 1. The summed E-state index contributed by atoms with van der Waals surface area (Å²) in [4.78, 5) is 49.4. The Morgan fingerprint density at radius 1 is 1.12 bits per heavy atom. The Bertz CT molecular complexity index is 1660. The van der Waals surface area contributed by atoms with E-state index < -0.39 is 0 Å². The molecular formula is C28H29BrN8O3. The molecule has 7 rings (SSSR count). The van der Waals surface area contributed by atoms with Gasteiger partial charge in [-0.1, -0.05) is 37.3 Å². The Labute approximate surface area is 238 Å². The smallest absolute Gasteiger partial charge is 0.278 e. The van der Waals surface area contributed by atoms with E-state index in [2.05, 4.69) is 47.8 Å². The molecule has 0 bridgehead atoms. The summed E-state index contributed by atoms with van der Waals surface area (Å²) < 4.78 is 8.14. The fraction of sp³-hybridized carbons (Fsp3) is 0.429. The number of likely N-dealkylation sites (tertiary alicyclic amines) is 1. The first-order valence-corrected chi connectivity index (χ1v) is 14.5. The number of carbonyl (C=O) groups excluding carboxylic acids is 1. The summed E-state index contributed by atoms with van der Waals surface area (Å²) in [6.07, 6.45) is 4.73. The van der Waals surface area contributed by atoms with E-state index in [1.165, 1.54) is 10.8 Å². The maximum atomic E-state index is 13.9. The van der Waals surface area contributed by atoms with E-state index in [-0.39, 0.29) is 28.5 Å². The highest BCUT2D eigenvalue weighted by Gasteiger charge is 2.48. The van der Waals surface area contributed by atoms with E-state index in [0.29, 0.717) is 54.6 Å². The van der Waals surface area contributed by atoms with Gasteiger partial charge in [-0.2, -0.15) is 9.50 Å². The maximum Gasteiger partial charge on any atom is 0.278 e. The molecule has 3 aromatic heterocycles. The number of piperidine rings is 1. The van der Waals surface area contributed by atoms with Crippen molar-refractivity contribution in [1.29, 1.82) is 0 Å². The molecule has 1 atom stereocenters. The standard InChI is InChI=1S/C28H29BrN8O3/c1-17-14-28(19-20(17)32-27-33-26(29)34-37(27)24(19)38)8-12-36(13-9-28)25(39)21-22(40-15-18-6-3-2-4-7-18)23(31-16-30-21)35-10-5-11-35/h2-4,6-7,16-17H,5,8-15H2,1H3,(H,32,33,34). The second-order valence-electron chi connectivity index (χ2n) is 11.0. The van der Waals surface area contributed by atoms with Crippen LogP contribution in [0, 0.1) is 0 Å². The summed E-state index contributed by atoms with van der Waals surface area (Å²) in [5, 5.41) is 2.95. The number of hydrogen-bond acceptors (Lipinski definition) is 8. The molecular weight excluding hydrogens is 576 g/mol. The summed E-state index contributed by atoms with van der Waals surface area (Å²) in [6.45, 7) is 5.22. The molecule has 0 radical (unpaired) electrons. The molecule has 1 N–H and O–H groups in total. The molecule has 4 aromatic rings. The molecule has 1 amide bonds. The third kappa shape index (κ3) is 4.07. The van der Waals surface area contributed by atoms with Gasteiger partial charge in [0, 0.05) is 37.2 Å². The minimum Gasteiger partial charge on any atom is -0.483 e. The molecule has 1 aliphatic carbocycles. The Kier molecular flexibility index (Phi) is 6.10. The van der Waals surface area contributed by atoms with Crippen molar-refractivity contribution in [3.05, 3.63) is 74.3 Å². The van der Waals surface area contributed by atoms with Crippen molar-refractivity contribution < 1.29 is 9.53 Å². The maximum absolute atomic E-state index is 13.9. The Morgan fingerprint density at radius 3 is 2.62 bits per heavy atom. The number of amides is 1. The number of aromatic nitrogens is 6. The summed E-state index contributed by atoms with van der Waals surface area (Å²) in [5.74, 6) is 1.45. The predicted molar refractivity (Wildman–Crippen MR) is 151 cm³/mol. The van der Waals surface area contributed by atoms with E-state index in [4.69, 9.17) is 9.72 Å². The number of benzene rings is 1. The zero-order valence-electron chi connectivity index (χ0n) is 22.1. The van der Waals surface area contributed by atoms with Crippen molar-refractivity contribution in [2.75, 3.05) is 31.1 Å². The van der Waals surface area contributed by atoms with Gasteiger partial charge in [0.15, 0.2) is 22.0 Å². The van der Waals surface area contributed by atoms with Crippen LogP contribution in [0.25, 0.3) is 5.78 Å². The first-order chi connectivity index (χ1) is 19.4. The van der Waals surface area contributed by atoms with Crippen LogP contribution in [0.5, 0.6) is 5.75 Å². The van der Waals surface area contributed by atoms with Crippen LogP contribution in [0.2, 0.25) is 0 Å². The van der Waals surface area contributed by atoms with Crippen LogP contribution in [-0.4, -0.2) is 66.5 Å². The Hall–Kier alpha value is -3.80. The van der Waals surface area contributed by atoms with Crippen LogP contribution < -0.4 is 15.2 Å². The lowest BCUT2D eigenvalue weighted by molar-refractivity contribution is 0.0651. The van der Waals surface area contributed by atoms with Gasteiger partial charge in [-0.3, -0.25) is 14.7 Å². The molecule has 1 aromatic carbocycles. The summed E-state index contributed by atoms with van der Waals surface area (Å²) in [7, 11) is 0. The van der Waals surface area contributed by atoms with Crippen molar-refractivity contribution in [2.24, 2.45) is 0 Å². The van der Waals surface area contributed by atoms with Crippen molar-refractivity contribution in [2.45, 2.75) is 50.5 Å². The van der Waals surface area contributed by atoms with Crippen molar-refractivity contribution >= 4 is 33.4 Å². The number of hydrogen-bond donors (Lipinski definition) is 1. The number of aromatic amines is 1. The van der Waals surface area contributed by atoms with Crippen LogP contribution in [-0.2, 0) is 12.0 Å². The van der Waals surface area contributed by atoms with Gasteiger partial charge in [0.05, 0.1) is 5.69 Å². The minimum atomic E-state index is -0.324. The lowest BCUT2D eigenvalue weighted by atomic mass is 9.73. The molecule has 3 aliphatic rings. The van der Waals surface area contributed by atoms with Gasteiger partial charge < -0.3 is 14.5 Å². The third-order valence-electron chi connectivity index (χ3n) is 8.57. The second kappa shape index (κ2) is 9.69. The van der Waals surface area contributed by atoms with E-state index in [1.807, 2.05) is 35.2 Å². The van der Waals surface area contributed by atoms with Gasteiger partial charge in [-0.05, 0) is 53.1 Å². The molecule has 1 unspecified atom stereocenters. The number of H-pyrrole nitrogens is 1. The van der Waals surface area contributed by atoms with Gasteiger partial charge in [-0.15, -0.1) is 0 Å². The third-order valence-corrected chi connectivity index (χ3v) is 8.92. The zero-order chi connectivity index (χ0) is 27.4. The fourth-order valence-electron chi connectivity index (χ4n) is 6.42. The summed E-state index contributed by atoms with van der Waals surface area (Å²) >= 11 is 3.31. The number of nitrogens with one attached hydrogen (secondary N) is 1. The van der Waals surface area contributed by atoms with Crippen molar-refractivity contribution in [3.63, 3.8) is 0 Å². The quantitative estimate of drug-likeness (QED) is 0.368. The van der Waals surface area contributed by atoms with Gasteiger partial charge in [-0.25, -0.2) is 15.0 Å². The monoisotopic (exact) mass is 604 g/mol. The van der Waals surface area contributed by atoms with E-state index in [9.17, 15) is 9.59 Å². The lowest BCUT2D eigenvalue weighted by Crippen LogP contribution is -2.46. The average molecular weight is 605 g/mol. The van der Waals surface area contributed by atoms with Gasteiger partial charge >= 0.3 is 0 Å². The molecule has 2 aliphatic heterocycles. The molecule has 12 heteroatoms. The van der Waals surface area contributed by atoms with Crippen LogP contribution in [0.3, 0.4) is 0 Å². The van der Waals surface area contributed by atoms with Crippen LogP contribution in [0.15, 0.2) is 46.2 Å².